The minimum atomic E-state index is -0.271. The predicted octanol–water partition coefficient (Wildman–Crippen LogP) is 3.52. The van der Waals surface area contributed by atoms with E-state index in [4.69, 9.17) is 0 Å². The minimum Gasteiger partial charge on any atom is -0.370 e. The fourth-order valence-electron chi connectivity index (χ4n) is 7.17. The number of rotatable bonds is 7. The van der Waals surface area contributed by atoms with Crippen molar-refractivity contribution in [2.75, 3.05) is 25.0 Å². The van der Waals surface area contributed by atoms with Crippen LogP contribution in [-0.2, 0) is 9.59 Å². The topological polar surface area (TPSA) is 74.3 Å². The Kier molecular flexibility index (Phi) is 5.65. The van der Waals surface area contributed by atoms with Gasteiger partial charge in [0.05, 0.1) is 5.41 Å². The molecule has 31 heavy (non-hydrogen) atoms. The summed E-state index contributed by atoms with van der Waals surface area (Å²) >= 11 is 0. The van der Waals surface area contributed by atoms with Crippen molar-refractivity contribution in [3.63, 3.8) is 0 Å². The van der Waals surface area contributed by atoms with Gasteiger partial charge in [-0.15, -0.1) is 0 Å². The van der Waals surface area contributed by atoms with Gasteiger partial charge in [0.25, 0.3) is 0 Å². The van der Waals surface area contributed by atoms with Crippen LogP contribution in [0.2, 0.25) is 0 Å². The van der Waals surface area contributed by atoms with Crippen molar-refractivity contribution < 1.29 is 9.59 Å². The van der Waals surface area contributed by atoms with Gasteiger partial charge in [-0.05, 0) is 94.1 Å². The Hall–Kier alpha value is -2.11. The van der Waals surface area contributed by atoms with Crippen molar-refractivity contribution in [3.8, 4) is 0 Å². The predicted molar refractivity (Wildman–Crippen MR) is 120 cm³/mol. The van der Waals surface area contributed by atoms with E-state index in [-0.39, 0.29) is 17.4 Å². The molecular formula is C25H36N4O2. The zero-order valence-electron chi connectivity index (χ0n) is 18.7. The first kappa shape index (κ1) is 20.8. The molecule has 0 radical (unpaired) electrons. The molecule has 1 atom stereocenters. The number of anilines is 1. The molecule has 2 N–H and O–H groups in total. The van der Waals surface area contributed by atoms with Crippen molar-refractivity contribution in [2.45, 2.75) is 70.8 Å². The maximum Gasteiger partial charge on any atom is 0.242 e. The van der Waals surface area contributed by atoms with Gasteiger partial charge in [0.1, 0.15) is 11.9 Å². The van der Waals surface area contributed by atoms with E-state index in [9.17, 15) is 9.59 Å². The van der Waals surface area contributed by atoms with E-state index < -0.39 is 0 Å². The van der Waals surface area contributed by atoms with Gasteiger partial charge in [-0.2, -0.15) is 0 Å². The van der Waals surface area contributed by atoms with Crippen molar-refractivity contribution in [2.24, 2.45) is 23.2 Å². The van der Waals surface area contributed by atoms with E-state index in [0.29, 0.717) is 12.5 Å². The number of aryl methyl sites for hydroxylation is 1. The van der Waals surface area contributed by atoms with E-state index in [1.807, 2.05) is 30.2 Å². The van der Waals surface area contributed by atoms with Crippen LogP contribution < -0.4 is 10.6 Å². The molecule has 2 heterocycles. The van der Waals surface area contributed by atoms with Crippen molar-refractivity contribution in [1.82, 2.24) is 15.2 Å². The molecule has 1 aliphatic heterocycles. The molecule has 5 fully saturated rings. The summed E-state index contributed by atoms with van der Waals surface area (Å²) in [6.45, 7) is 4.15. The van der Waals surface area contributed by atoms with E-state index in [1.54, 1.807) is 0 Å². The zero-order valence-corrected chi connectivity index (χ0v) is 18.7. The van der Waals surface area contributed by atoms with Crippen LogP contribution in [0, 0.1) is 30.1 Å². The molecule has 1 aromatic heterocycles. The third-order valence-corrected chi connectivity index (χ3v) is 8.18. The Morgan fingerprint density at radius 1 is 1.10 bits per heavy atom. The van der Waals surface area contributed by atoms with Crippen LogP contribution in [0.5, 0.6) is 0 Å². The lowest BCUT2D eigenvalue weighted by molar-refractivity contribution is -0.160. The molecule has 4 aliphatic carbocycles. The largest absolute Gasteiger partial charge is 0.370 e. The highest BCUT2D eigenvalue weighted by Gasteiger charge is 2.56. The first-order valence-corrected chi connectivity index (χ1v) is 12.3. The highest BCUT2D eigenvalue weighted by Crippen LogP contribution is 2.60. The van der Waals surface area contributed by atoms with Crippen LogP contribution >= 0.6 is 0 Å². The summed E-state index contributed by atoms with van der Waals surface area (Å²) in [5, 5.41) is 6.37. The molecule has 6 nitrogen and oxygen atoms in total. The van der Waals surface area contributed by atoms with Crippen LogP contribution in [-0.4, -0.2) is 47.4 Å². The van der Waals surface area contributed by atoms with E-state index in [0.717, 1.165) is 80.7 Å². The molecule has 1 saturated heterocycles. The molecule has 4 bridgehead atoms. The number of amides is 2. The maximum atomic E-state index is 13.7. The molecule has 6 rings (SSSR count). The van der Waals surface area contributed by atoms with Gasteiger partial charge in [-0.25, -0.2) is 4.98 Å². The molecule has 6 heteroatoms. The Morgan fingerprint density at radius 2 is 1.81 bits per heavy atom. The molecule has 1 unspecified atom stereocenters. The maximum absolute atomic E-state index is 13.7. The second kappa shape index (κ2) is 8.44. The Balaban J connectivity index is 1.12. The lowest BCUT2D eigenvalue weighted by atomic mass is 9.49. The number of aromatic nitrogens is 1. The third-order valence-electron chi connectivity index (χ3n) is 8.18. The normalized spacial score (nSPS) is 33.5. The second-order valence-electron chi connectivity index (χ2n) is 10.6. The van der Waals surface area contributed by atoms with Crippen molar-refractivity contribution >= 4 is 17.6 Å². The van der Waals surface area contributed by atoms with Gasteiger partial charge >= 0.3 is 0 Å². The fraction of sp³-hybridized carbons (Fsp3) is 0.720. The Labute approximate surface area is 185 Å². The number of carbonyl (C=O) groups excluding carboxylic acids is 2. The Morgan fingerprint density at radius 3 is 2.45 bits per heavy atom. The Bertz CT molecular complexity index is 786. The van der Waals surface area contributed by atoms with Crippen LogP contribution in [0.15, 0.2) is 18.3 Å². The van der Waals surface area contributed by atoms with Gasteiger partial charge < -0.3 is 15.5 Å². The summed E-state index contributed by atoms with van der Waals surface area (Å²) in [4.78, 5) is 32.9. The van der Waals surface area contributed by atoms with Crippen molar-refractivity contribution in [1.29, 1.82) is 0 Å². The van der Waals surface area contributed by atoms with Crippen LogP contribution in [0.4, 0.5) is 5.82 Å². The number of nitrogens with one attached hydrogen (secondary N) is 2. The summed E-state index contributed by atoms with van der Waals surface area (Å²) in [6.07, 6.45) is 11.6. The SMILES string of the molecule is Cc1ccc(NCCCNC(=O)C2CCCN2C(=O)C23CC4CC(CC(C4)C2)C3)nc1. The van der Waals surface area contributed by atoms with Gasteiger partial charge in [0, 0.05) is 25.8 Å². The van der Waals surface area contributed by atoms with Crippen LogP contribution in [0.3, 0.4) is 0 Å². The number of likely N-dealkylation sites (tertiary alicyclic amines) is 1. The average molecular weight is 425 g/mol. The number of hydrogen-bond acceptors (Lipinski definition) is 4. The van der Waals surface area contributed by atoms with Gasteiger partial charge in [0.2, 0.25) is 11.8 Å². The van der Waals surface area contributed by atoms with E-state index in [1.165, 1.54) is 19.3 Å². The van der Waals surface area contributed by atoms with Crippen molar-refractivity contribution in [3.05, 3.63) is 23.9 Å². The lowest BCUT2D eigenvalue weighted by Gasteiger charge is -2.56. The standard InChI is InChI=1S/C25H36N4O2/c1-17-5-6-22(28-16-17)26-7-3-8-27-23(30)21-4-2-9-29(21)24(31)25-13-18-10-19(14-25)12-20(11-18)15-25/h5-6,16,18-21H,2-4,7-15H2,1H3,(H,26,28)(H,27,30). The summed E-state index contributed by atoms with van der Waals surface area (Å²) in [5.74, 6) is 3.45. The summed E-state index contributed by atoms with van der Waals surface area (Å²) in [6, 6.07) is 3.74. The van der Waals surface area contributed by atoms with E-state index >= 15 is 0 Å². The third kappa shape index (κ3) is 4.18. The molecule has 0 aromatic carbocycles. The number of nitrogens with zero attached hydrogens (tertiary/aromatic N) is 2. The smallest absolute Gasteiger partial charge is 0.242 e. The second-order valence-corrected chi connectivity index (χ2v) is 10.6. The highest BCUT2D eigenvalue weighted by atomic mass is 16.2. The van der Waals surface area contributed by atoms with E-state index in [2.05, 4.69) is 15.6 Å². The first-order valence-electron chi connectivity index (χ1n) is 12.3. The number of hydrogen-bond donors (Lipinski definition) is 2. The number of pyridine rings is 1. The summed E-state index contributed by atoms with van der Waals surface area (Å²) < 4.78 is 0. The molecule has 5 aliphatic rings. The zero-order chi connectivity index (χ0) is 21.4. The molecule has 0 spiro atoms. The quantitative estimate of drug-likeness (QED) is 0.657. The highest BCUT2D eigenvalue weighted by molar-refractivity contribution is 5.91. The molecule has 2 amide bonds. The average Bonchev–Trinajstić information content (AvgIpc) is 3.23. The summed E-state index contributed by atoms with van der Waals surface area (Å²) in [5.41, 5.74) is 0.991. The first-order chi connectivity index (χ1) is 15.0. The summed E-state index contributed by atoms with van der Waals surface area (Å²) in [7, 11) is 0. The monoisotopic (exact) mass is 424 g/mol. The molecule has 168 valence electrons. The van der Waals surface area contributed by atoms with Crippen LogP contribution in [0.25, 0.3) is 0 Å². The molecular weight excluding hydrogens is 388 g/mol. The lowest BCUT2D eigenvalue weighted by Crippen LogP contribution is -2.57. The molecule has 4 saturated carbocycles. The minimum absolute atomic E-state index is 0.0315. The fourth-order valence-corrected chi connectivity index (χ4v) is 7.17. The molecule has 1 aromatic rings. The van der Waals surface area contributed by atoms with Gasteiger partial charge in [-0.3, -0.25) is 9.59 Å². The van der Waals surface area contributed by atoms with Crippen LogP contribution in [0.1, 0.15) is 63.4 Å². The number of carbonyl (C=O) groups is 2. The van der Waals surface area contributed by atoms with Gasteiger partial charge in [-0.1, -0.05) is 6.07 Å². The van der Waals surface area contributed by atoms with Gasteiger partial charge in [0.15, 0.2) is 0 Å².